The molecule has 1 aliphatic rings. The summed E-state index contributed by atoms with van der Waals surface area (Å²) in [6.07, 6.45) is 0.924. The number of carbonyl (C=O) groups is 1. The average Bonchev–Trinajstić information content (AvgIpc) is 2.61. The summed E-state index contributed by atoms with van der Waals surface area (Å²) in [5.74, 6) is 1.34. The Morgan fingerprint density at radius 3 is 2.76 bits per heavy atom. The second kappa shape index (κ2) is 7.76. The van der Waals surface area contributed by atoms with Crippen molar-refractivity contribution < 1.29 is 14.3 Å². The van der Waals surface area contributed by atoms with Crippen LogP contribution in [0.1, 0.15) is 11.1 Å². The first-order valence-electron chi connectivity index (χ1n) is 8.10. The first kappa shape index (κ1) is 17.6. The molecular weight excluding hydrogens is 340 g/mol. The van der Waals surface area contributed by atoms with E-state index in [0.717, 1.165) is 25.3 Å². The van der Waals surface area contributed by atoms with Gasteiger partial charge in [0.15, 0.2) is 0 Å². The SMILES string of the molecule is COc1ccc2c(c1)CN(CC(=O)Nc1cc(Cl)ccc1OC)CC2. The van der Waals surface area contributed by atoms with E-state index in [-0.39, 0.29) is 5.91 Å². The number of amides is 1. The van der Waals surface area contributed by atoms with Gasteiger partial charge in [-0.25, -0.2) is 0 Å². The number of nitrogens with zero attached hydrogens (tertiary/aromatic N) is 1. The number of hydrogen-bond donors (Lipinski definition) is 1. The van der Waals surface area contributed by atoms with Crippen molar-refractivity contribution in [2.45, 2.75) is 13.0 Å². The number of hydrogen-bond acceptors (Lipinski definition) is 4. The molecule has 0 saturated carbocycles. The van der Waals surface area contributed by atoms with E-state index in [9.17, 15) is 4.79 Å². The van der Waals surface area contributed by atoms with Crippen LogP contribution in [0, 0.1) is 0 Å². The van der Waals surface area contributed by atoms with Gasteiger partial charge < -0.3 is 14.8 Å². The van der Waals surface area contributed by atoms with Gasteiger partial charge in [0.2, 0.25) is 5.91 Å². The largest absolute Gasteiger partial charge is 0.497 e. The Labute approximate surface area is 152 Å². The Bertz CT molecular complexity index is 779. The molecule has 6 heteroatoms. The summed E-state index contributed by atoms with van der Waals surface area (Å²) in [7, 11) is 3.22. The first-order chi connectivity index (χ1) is 12.1. The van der Waals surface area contributed by atoms with Crippen LogP contribution in [0.25, 0.3) is 0 Å². The van der Waals surface area contributed by atoms with Crippen molar-refractivity contribution in [1.29, 1.82) is 0 Å². The first-order valence-corrected chi connectivity index (χ1v) is 8.48. The highest BCUT2D eigenvalue weighted by molar-refractivity contribution is 6.31. The maximum atomic E-state index is 12.4. The lowest BCUT2D eigenvalue weighted by Crippen LogP contribution is -2.37. The van der Waals surface area contributed by atoms with E-state index < -0.39 is 0 Å². The molecule has 0 saturated heterocycles. The van der Waals surface area contributed by atoms with Crippen molar-refractivity contribution in [1.82, 2.24) is 4.90 Å². The minimum Gasteiger partial charge on any atom is -0.497 e. The minimum absolute atomic E-state index is 0.0908. The molecule has 0 radical (unpaired) electrons. The zero-order chi connectivity index (χ0) is 17.8. The molecule has 0 aromatic heterocycles. The number of fused-ring (bicyclic) bond motifs is 1. The lowest BCUT2D eigenvalue weighted by molar-refractivity contribution is -0.117. The van der Waals surface area contributed by atoms with Crippen molar-refractivity contribution in [2.24, 2.45) is 0 Å². The summed E-state index contributed by atoms with van der Waals surface area (Å²) in [6, 6.07) is 11.3. The molecule has 1 amide bonds. The van der Waals surface area contributed by atoms with Crippen LogP contribution in [-0.2, 0) is 17.8 Å². The molecular formula is C19H21ClN2O3. The van der Waals surface area contributed by atoms with E-state index in [1.165, 1.54) is 11.1 Å². The number of benzene rings is 2. The highest BCUT2D eigenvalue weighted by atomic mass is 35.5. The molecule has 5 nitrogen and oxygen atoms in total. The van der Waals surface area contributed by atoms with Crippen molar-refractivity contribution in [2.75, 3.05) is 32.6 Å². The third-order valence-electron chi connectivity index (χ3n) is 4.31. The maximum Gasteiger partial charge on any atom is 0.238 e. The Balaban J connectivity index is 1.65. The number of anilines is 1. The van der Waals surface area contributed by atoms with Gasteiger partial charge in [0.05, 0.1) is 26.5 Å². The lowest BCUT2D eigenvalue weighted by atomic mass is 9.99. The highest BCUT2D eigenvalue weighted by Gasteiger charge is 2.19. The molecule has 1 N–H and O–H groups in total. The van der Waals surface area contributed by atoms with Crippen LogP contribution in [0.3, 0.4) is 0 Å². The summed E-state index contributed by atoms with van der Waals surface area (Å²) < 4.78 is 10.6. The summed E-state index contributed by atoms with van der Waals surface area (Å²) in [5.41, 5.74) is 3.10. The fourth-order valence-corrected chi connectivity index (χ4v) is 3.20. The molecule has 1 heterocycles. The molecule has 0 atom stereocenters. The summed E-state index contributed by atoms with van der Waals surface area (Å²) >= 11 is 6.00. The number of ether oxygens (including phenoxy) is 2. The molecule has 0 fully saturated rings. The van der Waals surface area contributed by atoms with Gasteiger partial charge in [-0.05, 0) is 47.9 Å². The summed E-state index contributed by atoms with van der Waals surface area (Å²) in [6.45, 7) is 1.89. The Morgan fingerprint density at radius 1 is 1.16 bits per heavy atom. The van der Waals surface area contributed by atoms with Crippen LogP contribution in [-0.4, -0.2) is 38.1 Å². The van der Waals surface area contributed by atoms with Gasteiger partial charge >= 0.3 is 0 Å². The van der Waals surface area contributed by atoms with Gasteiger partial charge in [0.1, 0.15) is 11.5 Å². The van der Waals surface area contributed by atoms with E-state index in [1.54, 1.807) is 32.4 Å². The van der Waals surface area contributed by atoms with Crippen molar-refractivity contribution >= 4 is 23.2 Å². The van der Waals surface area contributed by atoms with Gasteiger partial charge in [-0.3, -0.25) is 9.69 Å². The zero-order valence-corrected chi connectivity index (χ0v) is 15.1. The maximum absolute atomic E-state index is 12.4. The molecule has 2 aromatic carbocycles. The number of carbonyl (C=O) groups excluding carboxylic acids is 1. The van der Waals surface area contributed by atoms with Gasteiger partial charge in [0, 0.05) is 18.1 Å². The van der Waals surface area contributed by atoms with Crippen LogP contribution >= 0.6 is 11.6 Å². The fourth-order valence-electron chi connectivity index (χ4n) is 3.02. The van der Waals surface area contributed by atoms with Gasteiger partial charge in [-0.1, -0.05) is 17.7 Å². The van der Waals surface area contributed by atoms with Crippen LogP contribution < -0.4 is 14.8 Å². The predicted molar refractivity (Wildman–Crippen MR) is 98.6 cm³/mol. The van der Waals surface area contributed by atoms with Crippen LogP contribution in [0.15, 0.2) is 36.4 Å². The Morgan fingerprint density at radius 2 is 2.00 bits per heavy atom. The van der Waals surface area contributed by atoms with E-state index in [1.807, 2.05) is 12.1 Å². The monoisotopic (exact) mass is 360 g/mol. The topological polar surface area (TPSA) is 50.8 Å². The number of methoxy groups -OCH3 is 2. The normalized spacial score (nSPS) is 13.9. The van der Waals surface area contributed by atoms with E-state index >= 15 is 0 Å². The van der Waals surface area contributed by atoms with Gasteiger partial charge in [-0.2, -0.15) is 0 Å². The minimum atomic E-state index is -0.0908. The fraction of sp³-hybridized carbons (Fsp3) is 0.316. The van der Waals surface area contributed by atoms with Crippen molar-refractivity contribution in [3.63, 3.8) is 0 Å². The van der Waals surface area contributed by atoms with Crippen molar-refractivity contribution in [3.8, 4) is 11.5 Å². The molecule has 0 bridgehead atoms. The Hall–Kier alpha value is -2.24. The second-order valence-electron chi connectivity index (χ2n) is 5.99. The van der Waals surface area contributed by atoms with Crippen LogP contribution in [0.4, 0.5) is 5.69 Å². The van der Waals surface area contributed by atoms with Crippen molar-refractivity contribution in [3.05, 3.63) is 52.5 Å². The van der Waals surface area contributed by atoms with Crippen LogP contribution in [0.2, 0.25) is 5.02 Å². The highest BCUT2D eigenvalue weighted by Crippen LogP contribution is 2.28. The second-order valence-corrected chi connectivity index (χ2v) is 6.42. The molecule has 25 heavy (non-hydrogen) atoms. The molecule has 0 spiro atoms. The third-order valence-corrected chi connectivity index (χ3v) is 4.54. The molecule has 0 aliphatic carbocycles. The van der Waals surface area contributed by atoms with Gasteiger partial charge in [-0.15, -0.1) is 0 Å². The summed E-state index contributed by atoms with van der Waals surface area (Å²) in [5, 5.41) is 3.43. The summed E-state index contributed by atoms with van der Waals surface area (Å²) in [4.78, 5) is 14.5. The van der Waals surface area contributed by atoms with E-state index in [2.05, 4.69) is 16.3 Å². The lowest BCUT2D eigenvalue weighted by Gasteiger charge is -2.28. The zero-order valence-electron chi connectivity index (χ0n) is 14.3. The quantitative estimate of drug-likeness (QED) is 0.888. The number of halogens is 1. The van der Waals surface area contributed by atoms with E-state index in [4.69, 9.17) is 21.1 Å². The number of nitrogens with one attached hydrogen (secondary N) is 1. The molecule has 3 rings (SSSR count). The standard InChI is InChI=1S/C19H21ClN2O3/c1-24-16-5-3-13-7-8-22(11-14(13)9-16)12-19(23)21-17-10-15(20)4-6-18(17)25-2/h3-6,9-10H,7-8,11-12H2,1-2H3,(H,21,23). The number of rotatable bonds is 5. The smallest absolute Gasteiger partial charge is 0.238 e. The molecule has 0 unspecified atom stereocenters. The van der Waals surface area contributed by atoms with Crippen LogP contribution in [0.5, 0.6) is 11.5 Å². The van der Waals surface area contributed by atoms with Gasteiger partial charge in [0.25, 0.3) is 0 Å². The molecule has 132 valence electrons. The molecule has 2 aromatic rings. The predicted octanol–water partition coefficient (Wildman–Crippen LogP) is 3.35. The Kier molecular flexibility index (Phi) is 5.46. The third kappa shape index (κ3) is 4.24. The molecule has 1 aliphatic heterocycles. The van der Waals surface area contributed by atoms with E-state index in [0.29, 0.717) is 23.0 Å². The average molecular weight is 361 g/mol.